The molecule has 26 heavy (non-hydrogen) atoms. The summed E-state index contributed by atoms with van der Waals surface area (Å²) in [5.41, 5.74) is 2.60. The summed E-state index contributed by atoms with van der Waals surface area (Å²) in [6.07, 6.45) is 2.31. The molecule has 2 aromatic carbocycles. The minimum atomic E-state index is -0.206. The van der Waals surface area contributed by atoms with Crippen LogP contribution < -0.4 is 10.9 Å². The molecule has 5 nitrogen and oxygen atoms in total. The van der Waals surface area contributed by atoms with E-state index in [9.17, 15) is 9.59 Å². The van der Waals surface area contributed by atoms with Gasteiger partial charge in [-0.05, 0) is 36.2 Å². The Bertz CT molecular complexity index is 1150. The molecular weight excluding hydrogens is 326 g/mol. The molecule has 4 rings (SSSR count). The Morgan fingerprint density at radius 1 is 0.962 bits per heavy atom. The first-order valence-corrected chi connectivity index (χ1v) is 8.46. The van der Waals surface area contributed by atoms with Crippen LogP contribution in [-0.4, -0.2) is 21.8 Å². The lowest BCUT2D eigenvalue weighted by Crippen LogP contribution is -2.26. The molecule has 0 aliphatic rings. The van der Waals surface area contributed by atoms with Crippen molar-refractivity contribution in [1.29, 1.82) is 0 Å². The summed E-state index contributed by atoms with van der Waals surface area (Å²) in [6, 6.07) is 20.6. The monoisotopic (exact) mass is 343 g/mol. The topological polar surface area (TPSA) is 63.5 Å². The van der Waals surface area contributed by atoms with Gasteiger partial charge in [-0.2, -0.15) is 0 Å². The van der Waals surface area contributed by atoms with E-state index in [1.54, 1.807) is 36.5 Å². The van der Waals surface area contributed by atoms with E-state index in [1.165, 1.54) is 9.96 Å². The second kappa shape index (κ2) is 6.80. The summed E-state index contributed by atoms with van der Waals surface area (Å²) in [6.45, 7) is 0.533. The van der Waals surface area contributed by atoms with Gasteiger partial charge in [0.15, 0.2) is 0 Å². The van der Waals surface area contributed by atoms with E-state index in [0.29, 0.717) is 28.7 Å². The summed E-state index contributed by atoms with van der Waals surface area (Å²) < 4.78 is 1.43. The molecule has 0 aliphatic heterocycles. The van der Waals surface area contributed by atoms with Gasteiger partial charge in [0.1, 0.15) is 5.65 Å². The first kappa shape index (κ1) is 16.0. The average molecular weight is 343 g/mol. The number of amides is 1. The first-order chi connectivity index (χ1) is 12.7. The molecule has 128 valence electrons. The Kier molecular flexibility index (Phi) is 4.19. The van der Waals surface area contributed by atoms with Crippen molar-refractivity contribution in [2.45, 2.75) is 6.42 Å². The second-order valence-corrected chi connectivity index (χ2v) is 6.07. The highest BCUT2D eigenvalue weighted by Crippen LogP contribution is 2.10. The van der Waals surface area contributed by atoms with E-state index < -0.39 is 0 Å². The normalized spacial score (nSPS) is 10.9. The molecule has 0 atom stereocenters. The fraction of sp³-hybridized carbons (Fsp3) is 0.0952. The second-order valence-electron chi connectivity index (χ2n) is 6.07. The van der Waals surface area contributed by atoms with Crippen molar-refractivity contribution < 1.29 is 4.79 Å². The Hall–Kier alpha value is -3.47. The molecule has 1 N–H and O–H groups in total. The molecule has 4 aromatic rings. The van der Waals surface area contributed by atoms with Crippen molar-refractivity contribution in [3.63, 3.8) is 0 Å². The number of hydrogen-bond donors (Lipinski definition) is 1. The summed E-state index contributed by atoms with van der Waals surface area (Å²) in [7, 11) is 0. The molecule has 5 heteroatoms. The van der Waals surface area contributed by atoms with Crippen molar-refractivity contribution in [3.8, 4) is 0 Å². The van der Waals surface area contributed by atoms with E-state index in [0.717, 1.165) is 6.42 Å². The summed E-state index contributed by atoms with van der Waals surface area (Å²) in [4.78, 5) is 29.5. The van der Waals surface area contributed by atoms with E-state index >= 15 is 0 Å². The maximum Gasteiger partial charge on any atom is 0.265 e. The predicted octanol–water partition coefficient (Wildman–Crippen LogP) is 2.82. The van der Waals surface area contributed by atoms with Crippen LogP contribution in [0.1, 0.15) is 15.9 Å². The van der Waals surface area contributed by atoms with Gasteiger partial charge in [0, 0.05) is 12.7 Å². The van der Waals surface area contributed by atoms with Gasteiger partial charge in [0.05, 0.1) is 16.5 Å². The predicted molar refractivity (Wildman–Crippen MR) is 101 cm³/mol. The third-order valence-electron chi connectivity index (χ3n) is 4.32. The molecule has 0 spiro atoms. The van der Waals surface area contributed by atoms with Crippen LogP contribution in [0.5, 0.6) is 0 Å². The minimum absolute atomic E-state index is 0.176. The summed E-state index contributed by atoms with van der Waals surface area (Å²) in [5.74, 6) is -0.206. The molecule has 0 saturated heterocycles. The maximum absolute atomic E-state index is 12.7. The Balaban J connectivity index is 1.58. The number of rotatable bonds is 4. The molecule has 2 heterocycles. The number of fused-ring (bicyclic) bond motifs is 2. The molecule has 0 unspecified atom stereocenters. The highest BCUT2D eigenvalue weighted by atomic mass is 16.1. The number of carbonyl (C=O) groups excluding carboxylic acids is 1. The SMILES string of the molecule is O=C(NCCc1ccccc1)c1ccc2nc3ccccc3c(=O)n2c1. The first-order valence-electron chi connectivity index (χ1n) is 8.46. The lowest BCUT2D eigenvalue weighted by molar-refractivity contribution is 0.0953. The van der Waals surface area contributed by atoms with E-state index in [1.807, 2.05) is 36.4 Å². The van der Waals surface area contributed by atoms with Gasteiger partial charge in [-0.3, -0.25) is 14.0 Å². The number of benzene rings is 2. The summed E-state index contributed by atoms with van der Waals surface area (Å²) >= 11 is 0. The fourth-order valence-electron chi connectivity index (χ4n) is 2.95. The van der Waals surface area contributed by atoms with Crippen LogP contribution >= 0.6 is 0 Å². The van der Waals surface area contributed by atoms with Crippen LogP contribution in [0, 0.1) is 0 Å². The number of carbonyl (C=O) groups is 1. The Labute approximate surface area is 149 Å². The molecule has 0 fully saturated rings. The van der Waals surface area contributed by atoms with Gasteiger partial charge in [-0.1, -0.05) is 42.5 Å². The van der Waals surface area contributed by atoms with E-state index in [-0.39, 0.29) is 11.5 Å². The third kappa shape index (κ3) is 3.07. The number of pyridine rings is 1. The van der Waals surface area contributed by atoms with Gasteiger partial charge < -0.3 is 5.32 Å². The highest BCUT2D eigenvalue weighted by molar-refractivity contribution is 5.94. The van der Waals surface area contributed by atoms with Crippen molar-refractivity contribution >= 4 is 22.5 Å². The van der Waals surface area contributed by atoms with E-state index in [4.69, 9.17) is 0 Å². The Morgan fingerprint density at radius 3 is 2.58 bits per heavy atom. The average Bonchev–Trinajstić information content (AvgIpc) is 2.69. The van der Waals surface area contributed by atoms with Gasteiger partial charge in [-0.15, -0.1) is 0 Å². The van der Waals surface area contributed by atoms with Gasteiger partial charge in [0.25, 0.3) is 11.5 Å². The Morgan fingerprint density at radius 2 is 1.73 bits per heavy atom. The number of nitrogens with one attached hydrogen (secondary N) is 1. The van der Waals surface area contributed by atoms with Gasteiger partial charge >= 0.3 is 0 Å². The van der Waals surface area contributed by atoms with Crippen LogP contribution in [0.25, 0.3) is 16.6 Å². The highest BCUT2D eigenvalue weighted by Gasteiger charge is 2.09. The zero-order chi connectivity index (χ0) is 17.9. The number of aromatic nitrogens is 2. The van der Waals surface area contributed by atoms with Gasteiger partial charge in [0.2, 0.25) is 0 Å². The van der Waals surface area contributed by atoms with Crippen LogP contribution in [0.2, 0.25) is 0 Å². The molecule has 0 saturated carbocycles. The molecule has 0 bridgehead atoms. The standard InChI is InChI=1S/C21H17N3O2/c25-20(22-13-12-15-6-2-1-3-7-15)16-10-11-19-23-18-9-5-4-8-17(18)21(26)24(19)14-16/h1-11,14H,12-13H2,(H,22,25). The lowest BCUT2D eigenvalue weighted by atomic mass is 10.1. The lowest BCUT2D eigenvalue weighted by Gasteiger charge is -2.08. The summed E-state index contributed by atoms with van der Waals surface area (Å²) in [5, 5.41) is 3.43. The molecule has 1 amide bonds. The molecule has 0 radical (unpaired) electrons. The largest absolute Gasteiger partial charge is 0.352 e. The van der Waals surface area contributed by atoms with E-state index in [2.05, 4.69) is 10.3 Å². The molecular formula is C21H17N3O2. The zero-order valence-electron chi connectivity index (χ0n) is 14.1. The zero-order valence-corrected chi connectivity index (χ0v) is 14.1. The van der Waals surface area contributed by atoms with Crippen LogP contribution in [0.4, 0.5) is 0 Å². The van der Waals surface area contributed by atoms with Crippen molar-refractivity contribution in [2.24, 2.45) is 0 Å². The number of nitrogens with zero attached hydrogens (tertiary/aromatic N) is 2. The minimum Gasteiger partial charge on any atom is -0.352 e. The quantitative estimate of drug-likeness (QED) is 0.580. The number of para-hydroxylation sites is 1. The maximum atomic E-state index is 12.7. The van der Waals surface area contributed by atoms with Crippen LogP contribution in [0.15, 0.2) is 77.7 Å². The molecule has 2 aromatic heterocycles. The fourth-order valence-corrected chi connectivity index (χ4v) is 2.95. The third-order valence-corrected chi connectivity index (χ3v) is 4.32. The van der Waals surface area contributed by atoms with Crippen molar-refractivity contribution in [1.82, 2.24) is 14.7 Å². The van der Waals surface area contributed by atoms with Crippen LogP contribution in [-0.2, 0) is 6.42 Å². The van der Waals surface area contributed by atoms with Crippen molar-refractivity contribution in [3.05, 3.63) is 94.4 Å². The van der Waals surface area contributed by atoms with Crippen molar-refractivity contribution in [2.75, 3.05) is 6.54 Å². The number of hydrogen-bond acceptors (Lipinski definition) is 3. The molecule has 0 aliphatic carbocycles. The smallest absolute Gasteiger partial charge is 0.265 e. The van der Waals surface area contributed by atoms with Gasteiger partial charge in [-0.25, -0.2) is 4.98 Å². The van der Waals surface area contributed by atoms with Crippen LogP contribution in [0.3, 0.4) is 0 Å².